The van der Waals surface area contributed by atoms with Gasteiger partial charge in [-0.25, -0.2) is 9.97 Å². The Hall–Kier alpha value is -2.43. The van der Waals surface area contributed by atoms with Crippen LogP contribution < -0.4 is 5.73 Å². The molecule has 0 saturated heterocycles. The van der Waals surface area contributed by atoms with Crippen molar-refractivity contribution < 1.29 is 4.79 Å². The summed E-state index contributed by atoms with van der Waals surface area (Å²) in [5.74, 6) is 0.157. The molecule has 0 unspecified atom stereocenters. The highest BCUT2D eigenvalue weighted by molar-refractivity contribution is 5.98. The second-order valence-corrected chi connectivity index (χ2v) is 5.90. The van der Waals surface area contributed by atoms with Crippen molar-refractivity contribution in [2.75, 3.05) is 5.73 Å². The number of anilines is 1. The first-order valence-corrected chi connectivity index (χ1v) is 7.49. The van der Waals surface area contributed by atoms with Crippen molar-refractivity contribution >= 4 is 11.7 Å². The van der Waals surface area contributed by atoms with Gasteiger partial charge < -0.3 is 10.6 Å². The quantitative estimate of drug-likeness (QED) is 0.940. The zero-order valence-electron chi connectivity index (χ0n) is 12.9. The summed E-state index contributed by atoms with van der Waals surface area (Å²) in [5, 5.41) is 0. The van der Waals surface area contributed by atoms with Crippen molar-refractivity contribution in [3.8, 4) is 0 Å². The van der Waals surface area contributed by atoms with E-state index in [-0.39, 0.29) is 11.7 Å². The molecule has 1 aromatic carbocycles. The molecule has 2 N–H and O–H groups in total. The van der Waals surface area contributed by atoms with E-state index < -0.39 is 0 Å². The fraction of sp³-hybridized carbons (Fsp3) is 0.353. The number of carbonyl (C=O) groups excluding carboxylic acids is 1. The molecule has 0 bridgehead atoms. The van der Waals surface area contributed by atoms with E-state index in [2.05, 4.69) is 42.0 Å². The van der Waals surface area contributed by atoms with Crippen LogP contribution in [0.2, 0.25) is 0 Å². The van der Waals surface area contributed by atoms with Crippen molar-refractivity contribution in [2.45, 2.75) is 39.3 Å². The molecular weight excluding hydrogens is 276 g/mol. The minimum Gasteiger partial charge on any atom is -0.383 e. The van der Waals surface area contributed by atoms with Crippen molar-refractivity contribution in [2.24, 2.45) is 0 Å². The normalized spacial score (nSPS) is 13.9. The number of amides is 1. The zero-order chi connectivity index (χ0) is 15.7. The summed E-state index contributed by atoms with van der Waals surface area (Å²) in [5.41, 5.74) is 9.84. The highest BCUT2D eigenvalue weighted by Crippen LogP contribution is 2.30. The lowest BCUT2D eigenvalue weighted by Gasteiger charge is -2.23. The maximum Gasteiger partial charge on any atom is 0.259 e. The van der Waals surface area contributed by atoms with E-state index in [4.69, 9.17) is 5.73 Å². The molecular formula is C17H20N4O. The molecule has 5 heteroatoms. The predicted molar refractivity (Wildman–Crippen MR) is 85.3 cm³/mol. The van der Waals surface area contributed by atoms with Crippen LogP contribution in [0, 0.1) is 13.8 Å². The summed E-state index contributed by atoms with van der Waals surface area (Å²) < 4.78 is 0. The van der Waals surface area contributed by atoms with E-state index >= 15 is 0 Å². The number of aryl methyl sites for hydroxylation is 2. The Labute approximate surface area is 130 Å². The van der Waals surface area contributed by atoms with Gasteiger partial charge in [0.2, 0.25) is 0 Å². The van der Waals surface area contributed by atoms with Crippen LogP contribution in [0.1, 0.15) is 39.9 Å². The van der Waals surface area contributed by atoms with Gasteiger partial charge in [-0.2, -0.15) is 0 Å². The van der Waals surface area contributed by atoms with Crippen LogP contribution in [0.25, 0.3) is 0 Å². The third-order valence-corrected chi connectivity index (χ3v) is 4.15. The first-order valence-electron chi connectivity index (χ1n) is 7.49. The highest BCUT2D eigenvalue weighted by Gasteiger charge is 2.34. The number of benzene rings is 1. The molecule has 1 aromatic heterocycles. The molecule has 0 radical (unpaired) electrons. The van der Waals surface area contributed by atoms with E-state index in [9.17, 15) is 4.79 Å². The molecule has 1 fully saturated rings. The topological polar surface area (TPSA) is 72.1 Å². The number of nitrogens with two attached hydrogens (primary N) is 1. The SMILES string of the molecule is Cc1ccc(CN(C(=O)c2cncnc2N)C2CC2)cc1C. The summed E-state index contributed by atoms with van der Waals surface area (Å²) >= 11 is 0. The number of carbonyl (C=O) groups is 1. The van der Waals surface area contributed by atoms with Crippen molar-refractivity contribution in [1.29, 1.82) is 0 Å². The van der Waals surface area contributed by atoms with Crippen LogP contribution in [0.4, 0.5) is 5.82 Å². The first kappa shape index (κ1) is 14.5. The van der Waals surface area contributed by atoms with Crippen LogP contribution in [0.15, 0.2) is 30.7 Å². The molecule has 1 heterocycles. The number of hydrogen-bond acceptors (Lipinski definition) is 4. The largest absolute Gasteiger partial charge is 0.383 e. The van der Waals surface area contributed by atoms with Gasteiger partial charge in [-0.1, -0.05) is 18.2 Å². The standard InChI is InChI=1S/C17H20N4O/c1-11-3-4-13(7-12(11)2)9-21(14-5-6-14)17(22)15-8-19-10-20-16(15)18/h3-4,7-8,10,14H,5-6,9H2,1-2H3,(H2,18,19,20). The van der Waals surface area contributed by atoms with Crippen molar-refractivity contribution in [1.82, 2.24) is 14.9 Å². The van der Waals surface area contributed by atoms with E-state index in [1.54, 1.807) is 0 Å². The van der Waals surface area contributed by atoms with E-state index in [0.29, 0.717) is 18.2 Å². The Balaban J connectivity index is 1.85. The molecule has 3 rings (SSSR count). The van der Waals surface area contributed by atoms with Gasteiger partial charge in [-0.3, -0.25) is 4.79 Å². The highest BCUT2D eigenvalue weighted by atomic mass is 16.2. The summed E-state index contributed by atoms with van der Waals surface area (Å²) in [6, 6.07) is 6.62. The van der Waals surface area contributed by atoms with Crippen LogP contribution in [-0.4, -0.2) is 26.8 Å². The maximum absolute atomic E-state index is 12.8. The molecule has 1 amide bonds. The number of aromatic nitrogens is 2. The molecule has 22 heavy (non-hydrogen) atoms. The smallest absolute Gasteiger partial charge is 0.259 e. The summed E-state index contributed by atoms with van der Waals surface area (Å²) in [4.78, 5) is 22.5. The molecule has 1 aliphatic rings. The van der Waals surface area contributed by atoms with Crippen LogP contribution in [0.5, 0.6) is 0 Å². The maximum atomic E-state index is 12.8. The van der Waals surface area contributed by atoms with Gasteiger partial charge in [-0.15, -0.1) is 0 Å². The van der Waals surface area contributed by atoms with Gasteiger partial charge in [0.15, 0.2) is 0 Å². The Morgan fingerprint density at radius 3 is 2.73 bits per heavy atom. The number of hydrogen-bond donors (Lipinski definition) is 1. The Bertz CT molecular complexity index is 710. The van der Waals surface area contributed by atoms with Crippen molar-refractivity contribution in [3.63, 3.8) is 0 Å². The first-order chi connectivity index (χ1) is 10.6. The third kappa shape index (κ3) is 2.93. The Kier molecular flexibility index (Phi) is 3.79. The average Bonchev–Trinajstić information content (AvgIpc) is 3.33. The van der Waals surface area contributed by atoms with Gasteiger partial charge >= 0.3 is 0 Å². The number of nitrogens with zero attached hydrogens (tertiary/aromatic N) is 3. The average molecular weight is 296 g/mol. The molecule has 0 aliphatic heterocycles. The minimum absolute atomic E-state index is 0.0844. The third-order valence-electron chi connectivity index (χ3n) is 4.15. The molecule has 2 aromatic rings. The van der Waals surface area contributed by atoms with Gasteiger partial charge in [0, 0.05) is 18.8 Å². The lowest BCUT2D eigenvalue weighted by molar-refractivity contribution is 0.0730. The molecule has 1 saturated carbocycles. The summed E-state index contributed by atoms with van der Waals surface area (Å²) in [6.45, 7) is 4.77. The minimum atomic E-state index is -0.0844. The molecule has 0 spiro atoms. The molecule has 0 atom stereocenters. The van der Waals surface area contributed by atoms with Crippen LogP contribution in [0.3, 0.4) is 0 Å². The second kappa shape index (κ2) is 5.75. The van der Waals surface area contributed by atoms with Crippen LogP contribution in [-0.2, 0) is 6.54 Å². The van der Waals surface area contributed by atoms with Gasteiger partial charge in [-0.05, 0) is 43.4 Å². The van der Waals surface area contributed by atoms with E-state index in [1.807, 2.05) is 4.90 Å². The van der Waals surface area contributed by atoms with E-state index in [0.717, 1.165) is 18.4 Å². The number of rotatable bonds is 4. The summed E-state index contributed by atoms with van der Waals surface area (Å²) in [6.07, 6.45) is 4.95. The second-order valence-electron chi connectivity index (χ2n) is 5.90. The van der Waals surface area contributed by atoms with Crippen LogP contribution >= 0.6 is 0 Å². The zero-order valence-corrected chi connectivity index (χ0v) is 12.9. The fourth-order valence-electron chi connectivity index (χ4n) is 2.51. The lowest BCUT2D eigenvalue weighted by Crippen LogP contribution is -2.33. The molecule has 1 aliphatic carbocycles. The van der Waals surface area contributed by atoms with Gasteiger partial charge in [0.05, 0.1) is 0 Å². The Morgan fingerprint density at radius 2 is 2.09 bits per heavy atom. The summed E-state index contributed by atoms with van der Waals surface area (Å²) in [7, 11) is 0. The number of nitrogen functional groups attached to an aromatic ring is 1. The predicted octanol–water partition coefficient (Wildman–Crippen LogP) is 2.48. The van der Waals surface area contributed by atoms with E-state index in [1.165, 1.54) is 23.7 Å². The molecule has 114 valence electrons. The van der Waals surface area contributed by atoms with Gasteiger partial charge in [0.25, 0.3) is 5.91 Å². The fourth-order valence-corrected chi connectivity index (χ4v) is 2.51. The Morgan fingerprint density at radius 1 is 1.32 bits per heavy atom. The molecule has 5 nitrogen and oxygen atoms in total. The van der Waals surface area contributed by atoms with Gasteiger partial charge in [0.1, 0.15) is 17.7 Å². The lowest BCUT2D eigenvalue weighted by atomic mass is 10.1. The monoisotopic (exact) mass is 296 g/mol. The van der Waals surface area contributed by atoms with Crippen molar-refractivity contribution in [3.05, 3.63) is 53.0 Å².